The zero-order chi connectivity index (χ0) is 27.8. The van der Waals surface area contributed by atoms with Gasteiger partial charge in [0.25, 0.3) is 0 Å². The summed E-state index contributed by atoms with van der Waals surface area (Å²) in [7, 11) is 0. The van der Waals surface area contributed by atoms with Crippen LogP contribution >= 0.6 is 34.7 Å². The summed E-state index contributed by atoms with van der Waals surface area (Å²) >= 11 is 9.04. The minimum Gasteiger partial charge on any atom is -0.489 e. The Balaban J connectivity index is 1.19. The highest BCUT2D eigenvalue weighted by atomic mass is 35.5. The first-order valence-electron chi connectivity index (χ1n) is 13.8. The van der Waals surface area contributed by atoms with Crippen LogP contribution in [-0.2, 0) is 16.2 Å². The van der Waals surface area contributed by atoms with Crippen LogP contribution in [0.4, 0.5) is 5.69 Å². The molecule has 3 aromatic carbocycles. The van der Waals surface area contributed by atoms with E-state index in [-0.39, 0.29) is 57.4 Å². The number of H-pyrrole nitrogens is 1. The first-order valence-corrected chi connectivity index (χ1v) is 15.9. The van der Waals surface area contributed by atoms with Crippen molar-refractivity contribution < 1.29 is 14.3 Å². The molecule has 3 heterocycles. The van der Waals surface area contributed by atoms with Gasteiger partial charge >= 0.3 is 4.87 Å². The molecular formula is C32H25ClN2O4S2. The molecular weight excluding hydrogens is 576 g/mol. The number of hydrogen-bond donors (Lipinski definition) is 1. The molecule has 9 heteroatoms. The number of imide groups is 1. The van der Waals surface area contributed by atoms with Gasteiger partial charge in [0.2, 0.25) is 11.8 Å². The number of amides is 2. The molecule has 206 valence electrons. The highest BCUT2D eigenvalue weighted by Crippen LogP contribution is 2.69. The van der Waals surface area contributed by atoms with Crippen molar-refractivity contribution in [3.05, 3.63) is 110 Å². The van der Waals surface area contributed by atoms with E-state index in [9.17, 15) is 14.4 Å². The first-order chi connectivity index (χ1) is 20.0. The van der Waals surface area contributed by atoms with E-state index in [4.69, 9.17) is 16.3 Å². The first kappa shape index (κ1) is 25.4. The van der Waals surface area contributed by atoms with Crippen LogP contribution in [0.5, 0.6) is 5.75 Å². The molecule has 6 nitrogen and oxygen atoms in total. The molecule has 0 unspecified atom stereocenters. The van der Waals surface area contributed by atoms with Gasteiger partial charge in [0.15, 0.2) is 0 Å². The number of para-hydroxylation sites is 1. The van der Waals surface area contributed by atoms with Crippen LogP contribution in [0, 0.1) is 29.6 Å². The molecule has 7 atom stereocenters. The second-order valence-electron chi connectivity index (χ2n) is 11.3. The number of carbonyl (C=O) groups excluding carboxylic acids is 2. The zero-order valence-electron chi connectivity index (χ0n) is 21.7. The van der Waals surface area contributed by atoms with Crippen molar-refractivity contribution in [2.75, 3.05) is 4.90 Å². The Morgan fingerprint density at radius 1 is 0.878 bits per heavy atom. The van der Waals surface area contributed by atoms with Gasteiger partial charge in [-0.3, -0.25) is 19.3 Å². The minimum atomic E-state index is -0.359. The number of anilines is 1. The molecule has 8 rings (SSSR count). The van der Waals surface area contributed by atoms with Crippen LogP contribution in [0.15, 0.2) is 88.7 Å². The van der Waals surface area contributed by atoms with Gasteiger partial charge < -0.3 is 9.72 Å². The molecule has 1 saturated heterocycles. The SMILES string of the molecule is O=C1[C@H]2[C@H]3C[C@@H]([C@@H]2C(=O)N1c1ccc(Cl)cc1)[C@H]1[C@H](c2ccccc2OCc2ccccc2)c2sc(=O)[nH]c2S[C@H]31. The fraction of sp³-hybridized carbons (Fsp3) is 0.281. The van der Waals surface area contributed by atoms with Crippen LogP contribution in [-0.4, -0.2) is 22.0 Å². The second kappa shape index (κ2) is 9.61. The van der Waals surface area contributed by atoms with E-state index in [0.29, 0.717) is 17.3 Å². The summed E-state index contributed by atoms with van der Waals surface area (Å²) in [5.41, 5.74) is 2.69. The van der Waals surface area contributed by atoms with Crippen molar-refractivity contribution in [1.29, 1.82) is 0 Å². The fourth-order valence-corrected chi connectivity index (χ4v) is 10.8. The molecule has 4 aliphatic rings. The van der Waals surface area contributed by atoms with Gasteiger partial charge in [-0.05, 0) is 60.1 Å². The number of carbonyl (C=O) groups is 2. The zero-order valence-corrected chi connectivity index (χ0v) is 24.1. The normalized spacial score (nSPS) is 29.4. The lowest BCUT2D eigenvalue weighted by Gasteiger charge is -2.43. The molecule has 2 bridgehead atoms. The van der Waals surface area contributed by atoms with Gasteiger partial charge in [-0.25, -0.2) is 0 Å². The van der Waals surface area contributed by atoms with Gasteiger partial charge in [-0.1, -0.05) is 71.5 Å². The smallest absolute Gasteiger partial charge is 0.305 e. The maximum atomic E-state index is 14.0. The summed E-state index contributed by atoms with van der Waals surface area (Å²) in [5, 5.41) is 1.57. The van der Waals surface area contributed by atoms with Crippen molar-refractivity contribution in [3.63, 3.8) is 0 Å². The molecule has 0 radical (unpaired) electrons. The molecule has 1 N–H and O–H groups in total. The lowest BCUT2D eigenvalue weighted by Crippen LogP contribution is -2.42. The molecule has 3 fully saturated rings. The average Bonchev–Trinajstić information content (AvgIpc) is 3.72. The number of thioether (sulfide) groups is 1. The third-order valence-electron chi connectivity index (χ3n) is 9.30. The number of ether oxygens (including phenoxy) is 1. The molecule has 2 aliphatic carbocycles. The summed E-state index contributed by atoms with van der Waals surface area (Å²) in [6, 6.07) is 25.0. The van der Waals surface area contributed by atoms with Gasteiger partial charge in [-0.2, -0.15) is 0 Å². The van der Waals surface area contributed by atoms with Crippen LogP contribution in [0.1, 0.15) is 28.3 Å². The number of nitrogens with one attached hydrogen (secondary N) is 1. The van der Waals surface area contributed by atoms with E-state index >= 15 is 0 Å². The molecule has 2 amide bonds. The quantitative estimate of drug-likeness (QED) is 0.270. The summed E-state index contributed by atoms with van der Waals surface area (Å²) in [4.78, 5) is 45.8. The van der Waals surface area contributed by atoms with Crippen LogP contribution < -0.4 is 14.5 Å². The number of thiazole rings is 1. The number of nitrogens with zero attached hydrogens (tertiary/aromatic N) is 1. The average molecular weight is 601 g/mol. The van der Waals surface area contributed by atoms with Crippen LogP contribution in [0.25, 0.3) is 0 Å². The molecule has 2 saturated carbocycles. The third kappa shape index (κ3) is 3.87. The van der Waals surface area contributed by atoms with Crippen LogP contribution in [0.3, 0.4) is 0 Å². The van der Waals surface area contributed by atoms with Crippen molar-refractivity contribution >= 4 is 52.2 Å². The molecule has 1 aromatic heterocycles. The standard InChI is InChI=1S/C32H25ClN2O4S2/c33-17-10-12-18(13-11-17)35-30(36)25-20-14-21(26(25)31(35)37)27-24(20)23(28-29(40-27)34-32(38)41-28)19-8-4-5-9-22(19)39-15-16-6-2-1-3-7-16/h1-13,20-21,23-27H,14-15H2,(H,34,38)/t20-,21-,23+,24+,25+,26+,27-/m1/s1. The third-order valence-corrected chi connectivity index (χ3v) is 12.1. The largest absolute Gasteiger partial charge is 0.489 e. The molecule has 0 spiro atoms. The molecule has 41 heavy (non-hydrogen) atoms. The van der Waals surface area contributed by atoms with Gasteiger partial charge in [0.1, 0.15) is 12.4 Å². The maximum absolute atomic E-state index is 14.0. The highest BCUT2D eigenvalue weighted by Gasteiger charge is 2.69. The Hall–Kier alpha value is -3.33. The Labute approximate surface area is 249 Å². The number of benzene rings is 3. The number of halogens is 1. The number of hydrogen-bond acceptors (Lipinski definition) is 6. The summed E-state index contributed by atoms with van der Waals surface area (Å²) < 4.78 is 6.41. The van der Waals surface area contributed by atoms with E-state index in [1.54, 1.807) is 36.0 Å². The van der Waals surface area contributed by atoms with Gasteiger partial charge in [0, 0.05) is 26.6 Å². The Kier molecular flexibility index (Phi) is 5.95. The topological polar surface area (TPSA) is 79.5 Å². The summed E-state index contributed by atoms with van der Waals surface area (Å²) in [5.74, 6) is -0.0329. The number of fused-ring (bicyclic) bond motifs is 9. The van der Waals surface area contributed by atoms with E-state index < -0.39 is 0 Å². The van der Waals surface area contributed by atoms with E-state index in [0.717, 1.165) is 33.2 Å². The van der Waals surface area contributed by atoms with E-state index in [1.165, 1.54) is 16.2 Å². The van der Waals surface area contributed by atoms with Crippen molar-refractivity contribution in [1.82, 2.24) is 4.98 Å². The van der Waals surface area contributed by atoms with E-state index in [1.807, 2.05) is 48.5 Å². The number of rotatable bonds is 5. The monoisotopic (exact) mass is 600 g/mol. The fourth-order valence-electron chi connectivity index (χ4n) is 7.81. The number of aromatic nitrogens is 1. The van der Waals surface area contributed by atoms with Gasteiger partial charge in [0.05, 0.1) is 22.5 Å². The minimum absolute atomic E-state index is 0.0359. The molecule has 2 aliphatic heterocycles. The Morgan fingerprint density at radius 3 is 2.37 bits per heavy atom. The second-order valence-corrected chi connectivity index (χ2v) is 13.9. The maximum Gasteiger partial charge on any atom is 0.305 e. The lowest BCUT2D eigenvalue weighted by molar-refractivity contribution is -0.123. The van der Waals surface area contributed by atoms with Crippen molar-refractivity contribution in [3.8, 4) is 5.75 Å². The van der Waals surface area contributed by atoms with Crippen LogP contribution in [0.2, 0.25) is 5.02 Å². The highest BCUT2D eigenvalue weighted by molar-refractivity contribution is 8.00. The summed E-state index contributed by atoms with van der Waals surface area (Å²) in [6.45, 7) is 0.434. The predicted molar refractivity (Wildman–Crippen MR) is 160 cm³/mol. The molecule has 4 aromatic rings. The predicted octanol–water partition coefficient (Wildman–Crippen LogP) is 6.35. The lowest BCUT2D eigenvalue weighted by atomic mass is 9.68. The number of aromatic amines is 1. The van der Waals surface area contributed by atoms with Crippen molar-refractivity contribution in [2.24, 2.45) is 29.6 Å². The Bertz CT molecular complexity index is 1740. The summed E-state index contributed by atoms with van der Waals surface area (Å²) in [6.07, 6.45) is 0.840. The van der Waals surface area contributed by atoms with Crippen molar-refractivity contribution in [2.45, 2.75) is 29.2 Å². The van der Waals surface area contributed by atoms with E-state index in [2.05, 4.69) is 11.1 Å². The van der Waals surface area contributed by atoms with Gasteiger partial charge in [-0.15, -0.1) is 11.8 Å². The Morgan fingerprint density at radius 2 is 1.59 bits per heavy atom.